The third-order valence-electron chi connectivity index (χ3n) is 4.58. The van der Waals surface area contributed by atoms with Crippen LogP contribution >= 0.6 is 11.3 Å². The van der Waals surface area contributed by atoms with Gasteiger partial charge in [0, 0.05) is 19.1 Å². The van der Waals surface area contributed by atoms with Gasteiger partial charge in [0.25, 0.3) is 11.8 Å². The zero-order valence-corrected chi connectivity index (χ0v) is 15.8. The number of ether oxygens (including phenoxy) is 1. The van der Waals surface area contributed by atoms with Crippen molar-refractivity contribution in [2.75, 3.05) is 19.7 Å². The van der Waals surface area contributed by atoms with E-state index in [1.165, 1.54) is 11.3 Å². The van der Waals surface area contributed by atoms with E-state index in [1.807, 2.05) is 38.3 Å². The number of piperidine rings is 1. The van der Waals surface area contributed by atoms with E-state index in [0.29, 0.717) is 31.8 Å². The van der Waals surface area contributed by atoms with Gasteiger partial charge >= 0.3 is 5.97 Å². The average molecular weight is 366 g/mol. The number of carbonyl (C=O) groups excluding carboxylic acids is 3. The molecule has 0 saturated carbocycles. The summed E-state index contributed by atoms with van der Waals surface area (Å²) in [6.07, 6.45) is 1.14. The second-order valence-corrected chi connectivity index (χ2v) is 7.70. The minimum atomic E-state index is -0.351. The van der Waals surface area contributed by atoms with Crippen molar-refractivity contribution in [3.63, 3.8) is 0 Å². The molecule has 6 nitrogen and oxygen atoms in total. The lowest BCUT2D eigenvalue weighted by atomic mass is 9.97. The summed E-state index contributed by atoms with van der Waals surface area (Å²) in [4.78, 5) is 38.7. The van der Waals surface area contributed by atoms with Crippen LogP contribution in [0.4, 0.5) is 0 Å². The first-order chi connectivity index (χ1) is 11.9. The number of nitrogens with one attached hydrogen (secondary N) is 1. The van der Waals surface area contributed by atoms with Gasteiger partial charge in [-0.15, -0.1) is 11.3 Å². The molecule has 7 heteroatoms. The Morgan fingerprint density at radius 1 is 1.28 bits per heavy atom. The van der Waals surface area contributed by atoms with E-state index in [4.69, 9.17) is 4.74 Å². The fourth-order valence-corrected chi connectivity index (χ4v) is 3.28. The fourth-order valence-electron chi connectivity index (χ4n) is 2.59. The maximum atomic E-state index is 12.3. The van der Waals surface area contributed by atoms with Crippen LogP contribution in [0.3, 0.4) is 0 Å². The van der Waals surface area contributed by atoms with Crippen LogP contribution in [-0.4, -0.2) is 48.4 Å². The molecule has 1 fully saturated rings. The Balaban J connectivity index is 1.72. The number of carbonyl (C=O) groups is 3. The van der Waals surface area contributed by atoms with E-state index in [9.17, 15) is 14.4 Å². The van der Waals surface area contributed by atoms with Crippen LogP contribution in [0.15, 0.2) is 17.5 Å². The van der Waals surface area contributed by atoms with Crippen LogP contribution in [-0.2, 0) is 14.3 Å². The fraction of sp³-hybridized carbons (Fsp3) is 0.611. The predicted octanol–water partition coefficient (Wildman–Crippen LogP) is 2.30. The topological polar surface area (TPSA) is 75.7 Å². The standard InChI is InChI=1S/C18H26N2O4S/c1-12(2)13(3)19-16(21)11-24-18(23)14-6-8-20(9-7-14)17(22)15-5-4-10-25-15/h4-5,10,12-14H,6-9,11H2,1-3H3,(H,19,21)/t13-/m1/s1. The van der Waals surface area contributed by atoms with Crippen LogP contribution in [0.5, 0.6) is 0 Å². The molecule has 1 atom stereocenters. The third kappa shape index (κ3) is 5.56. The number of hydrogen-bond acceptors (Lipinski definition) is 5. The summed E-state index contributed by atoms with van der Waals surface area (Å²) in [5.74, 6) is -0.535. The molecule has 0 bridgehead atoms. The van der Waals surface area contributed by atoms with Crippen molar-refractivity contribution in [1.82, 2.24) is 10.2 Å². The minimum absolute atomic E-state index is 0.0175. The first-order valence-corrected chi connectivity index (χ1v) is 9.55. The Morgan fingerprint density at radius 2 is 1.96 bits per heavy atom. The number of nitrogens with zero attached hydrogens (tertiary/aromatic N) is 1. The Labute approximate surface area is 152 Å². The Hall–Kier alpha value is -1.89. The minimum Gasteiger partial charge on any atom is -0.455 e. The number of hydrogen-bond donors (Lipinski definition) is 1. The Kier molecular flexibility index (Phi) is 6.99. The smallest absolute Gasteiger partial charge is 0.309 e. The summed E-state index contributed by atoms with van der Waals surface area (Å²) >= 11 is 1.42. The molecule has 0 radical (unpaired) electrons. The lowest BCUT2D eigenvalue weighted by Crippen LogP contribution is -2.42. The number of amides is 2. The Bertz CT molecular complexity index is 592. The molecule has 1 aliphatic rings. The maximum Gasteiger partial charge on any atom is 0.309 e. The van der Waals surface area contributed by atoms with Gasteiger partial charge in [0.15, 0.2) is 6.61 Å². The SMILES string of the molecule is CC(C)[C@@H](C)NC(=O)COC(=O)C1CCN(C(=O)c2cccs2)CC1. The van der Waals surface area contributed by atoms with Crippen LogP contribution in [0.1, 0.15) is 43.3 Å². The van der Waals surface area contributed by atoms with Crippen LogP contribution in [0.25, 0.3) is 0 Å². The highest BCUT2D eigenvalue weighted by atomic mass is 32.1. The van der Waals surface area contributed by atoms with Crippen molar-refractivity contribution in [2.45, 2.75) is 39.7 Å². The number of thiophene rings is 1. The number of rotatable bonds is 6. The zero-order chi connectivity index (χ0) is 18.4. The highest BCUT2D eigenvalue weighted by molar-refractivity contribution is 7.12. The second-order valence-electron chi connectivity index (χ2n) is 6.75. The monoisotopic (exact) mass is 366 g/mol. The van der Waals surface area contributed by atoms with Gasteiger partial charge in [0.05, 0.1) is 10.8 Å². The van der Waals surface area contributed by atoms with Gasteiger partial charge in [-0.05, 0) is 37.1 Å². The quantitative estimate of drug-likeness (QED) is 0.784. The lowest BCUT2D eigenvalue weighted by molar-refractivity contribution is -0.154. The molecule has 138 valence electrons. The van der Waals surface area contributed by atoms with Crippen LogP contribution in [0, 0.1) is 11.8 Å². The average Bonchev–Trinajstić information content (AvgIpc) is 3.13. The van der Waals surface area contributed by atoms with E-state index in [-0.39, 0.29) is 36.4 Å². The molecule has 25 heavy (non-hydrogen) atoms. The predicted molar refractivity (Wildman–Crippen MR) is 96.3 cm³/mol. The van der Waals surface area contributed by atoms with Gasteiger partial charge in [-0.25, -0.2) is 0 Å². The zero-order valence-electron chi connectivity index (χ0n) is 15.0. The van der Waals surface area contributed by atoms with Crippen molar-refractivity contribution in [1.29, 1.82) is 0 Å². The van der Waals surface area contributed by atoms with Crippen LogP contribution < -0.4 is 5.32 Å². The number of likely N-dealkylation sites (tertiary alicyclic amines) is 1. The summed E-state index contributed by atoms with van der Waals surface area (Å²) in [6.45, 7) is 6.78. The summed E-state index contributed by atoms with van der Waals surface area (Å²) in [5.41, 5.74) is 0. The van der Waals surface area contributed by atoms with Crippen molar-refractivity contribution in [3.8, 4) is 0 Å². The molecule has 0 unspecified atom stereocenters. The van der Waals surface area contributed by atoms with Crippen molar-refractivity contribution < 1.29 is 19.1 Å². The van der Waals surface area contributed by atoms with Crippen molar-refractivity contribution in [3.05, 3.63) is 22.4 Å². The molecule has 1 N–H and O–H groups in total. The normalized spacial score (nSPS) is 16.6. The lowest BCUT2D eigenvalue weighted by Gasteiger charge is -2.30. The van der Waals surface area contributed by atoms with Crippen molar-refractivity contribution >= 4 is 29.1 Å². The highest BCUT2D eigenvalue weighted by Gasteiger charge is 2.29. The van der Waals surface area contributed by atoms with E-state index in [0.717, 1.165) is 4.88 Å². The van der Waals surface area contributed by atoms with Crippen LogP contribution in [0.2, 0.25) is 0 Å². The molecule has 0 spiro atoms. The van der Waals surface area contributed by atoms with Crippen molar-refractivity contribution in [2.24, 2.45) is 11.8 Å². The molecule has 1 aromatic rings. The summed E-state index contributed by atoms with van der Waals surface area (Å²) in [6, 6.07) is 3.70. The third-order valence-corrected chi connectivity index (χ3v) is 5.44. The van der Waals surface area contributed by atoms with Gasteiger partial charge in [-0.2, -0.15) is 0 Å². The number of esters is 1. The van der Waals surface area contributed by atoms with E-state index in [2.05, 4.69) is 5.32 Å². The molecule has 0 aliphatic carbocycles. The first-order valence-electron chi connectivity index (χ1n) is 8.67. The summed E-state index contributed by atoms with van der Waals surface area (Å²) < 4.78 is 5.14. The molecule has 0 aromatic carbocycles. The largest absolute Gasteiger partial charge is 0.455 e. The van der Waals surface area contributed by atoms with E-state index < -0.39 is 0 Å². The van der Waals surface area contributed by atoms with Gasteiger partial charge in [0.2, 0.25) is 0 Å². The van der Waals surface area contributed by atoms with Gasteiger partial charge in [-0.1, -0.05) is 19.9 Å². The Morgan fingerprint density at radius 3 is 2.52 bits per heavy atom. The van der Waals surface area contributed by atoms with E-state index in [1.54, 1.807) is 4.90 Å². The first kappa shape index (κ1) is 19.4. The second kappa shape index (κ2) is 8.99. The molecule has 1 aliphatic heterocycles. The summed E-state index contributed by atoms with van der Waals surface area (Å²) in [7, 11) is 0. The van der Waals surface area contributed by atoms with Gasteiger partial charge in [-0.3, -0.25) is 14.4 Å². The molecule has 1 aromatic heterocycles. The molecule has 1 saturated heterocycles. The molecule has 2 amide bonds. The summed E-state index contributed by atoms with van der Waals surface area (Å²) in [5, 5.41) is 4.68. The molecule has 2 heterocycles. The maximum absolute atomic E-state index is 12.3. The molecular formula is C18H26N2O4S. The molecular weight excluding hydrogens is 340 g/mol. The van der Waals surface area contributed by atoms with Gasteiger partial charge < -0.3 is 15.0 Å². The highest BCUT2D eigenvalue weighted by Crippen LogP contribution is 2.21. The molecule has 2 rings (SSSR count). The van der Waals surface area contributed by atoms with E-state index >= 15 is 0 Å². The van der Waals surface area contributed by atoms with Gasteiger partial charge in [0.1, 0.15) is 0 Å².